The molecule has 8 heteroatoms. The van der Waals surface area contributed by atoms with Crippen LogP contribution in [0.5, 0.6) is 0 Å². The van der Waals surface area contributed by atoms with E-state index in [2.05, 4.69) is 5.10 Å². The van der Waals surface area contributed by atoms with Gasteiger partial charge in [0.2, 0.25) is 5.91 Å². The zero-order valence-electron chi connectivity index (χ0n) is 16.2. The molecule has 5 rings (SSSR count). The number of rotatable bonds is 4. The van der Waals surface area contributed by atoms with E-state index in [-0.39, 0.29) is 18.1 Å². The fourth-order valence-corrected chi connectivity index (χ4v) is 4.89. The number of nitrogens with zero attached hydrogens (tertiary/aromatic N) is 4. The summed E-state index contributed by atoms with van der Waals surface area (Å²) in [5.41, 5.74) is -0.395. The van der Waals surface area contributed by atoms with Crippen LogP contribution in [0.15, 0.2) is 23.0 Å². The lowest BCUT2D eigenvalue weighted by molar-refractivity contribution is -0.134. The summed E-state index contributed by atoms with van der Waals surface area (Å²) < 4.78 is 30.6. The molecule has 154 valence electrons. The summed E-state index contributed by atoms with van der Waals surface area (Å²) in [6.07, 6.45) is 5.57. The van der Waals surface area contributed by atoms with Gasteiger partial charge in [-0.3, -0.25) is 9.36 Å². The van der Waals surface area contributed by atoms with Crippen molar-refractivity contribution in [1.29, 1.82) is 0 Å². The largest absolute Gasteiger partial charge is 0.346 e. The highest BCUT2D eigenvalue weighted by Crippen LogP contribution is 2.50. The number of carbonyl (C=O) groups is 1. The predicted octanol–water partition coefficient (Wildman–Crippen LogP) is 2.55. The van der Waals surface area contributed by atoms with Gasteiger partial charge in [-0.1, -0.05) is 6.07 Å². The Morgan fingerprint density at radius 2 is 1.93 bits per heavy atom. The highest BCUT2D eigenvalue weighted by molar-refractivity contribution is 5.80. The zero-order chi connectivity index (χ0) is 20.2. The van der Waals surface area contributed by atoms with Crippen molar-refractivity contribution >= 4 is 5.91 Å². The fraction of sp³-hybridized carbons (Fsp3) is 0.571. The quantitative estimate of drug-likeness (QED) is 0.790. The van der Waals surface area contributed by atoms with Crippen molar-refractivity contribution in [2.75, 3.05) is 13.1 Å². The normalized spacial score (nSPS) is 22.6. The van der Waals surface area contributed by atoms with Crippen LogP contribution in [-0.2, 0) is 23.2 Å². The van der Waals surface area contributed by atoms with Gasteiger partial charge >= 0.3 is 5.69 Å². The number of amides is 1. The van der Waals surface area contributed by atoms with Gasteiger partial charge < -0.3 is 4.90 Å². The minimum atomic E-state index is -0.611. The Morgan fingerprint density at radius 1 is 1.17 bits per heavy atom. The van der Waals surface area contributed by atoms with Crippen molar-refractivity contribution in [1.82, 2.24) is 19.2 Å². The monoisotopic (exact) mass is 402 g/mol. The van der Waals surface area contributed by atoms with Crippen molar-refractivity contribution in [3.05, 3.63) is 51.7 Å². The molecule has 2 aliphatic heterocycles. The average Bonchev–Trinajstić information content (AvgIpc) is 3.12. The van der Waals surface area contributed by atoms with E-state index in [0.717, 1.165) is 51.3 Å². The Labute approximate surface area is 167 Å². The van der Waals surface area contributed by atoms with Crippen LogP contribution in [0.25, 0.3) is 0 Å². The van der Waals surface area contributed by atoms with Crippen LogP contribution in [-0.4, -0.2) is 38.2 Å². The van der Waals surface area contributed by atoms with E-state index < -0.39 is 23.1 Å². The molecule has 2 fully saturated rings. The lowest BCUT2D eigenvalue weighted by Gasteiger charge is -2.27. The Balaban J connectivity index is 1.46. The second kappa shape index (κ2) is 6.78. The van der Waals surface area contributed by atoms with Gasteiger partial charge in [0.1, 0.15) is 23.5 Å². The first-order valence-corrected chi connectivity index (χ1v) is 10.4. The minimum absolute atomic E-state index is 0.0100. The molecule has 29 heavy (non-hydrogen) atoms. The maximum absolute atomic E-state index is 14.4. The van der Waals surface area contributed by atoms with Crippen molar-refractivity contribution in [2.45, 2.75) is 62.9 Å². The van der Waals surface area contributed by atoms with Crippen LogP contribution in [0.2, 0.25) is 0 Å². The van der Waals surface area contributed by atoms with Crippen molar-refractivity contribution in [3.8, 4) is 0 Å². The first-order chi connectivity index (χ1) is 14.0. The molecule has 1 unspecified atom stereocenters. The average molecular weight is 402 g/mol. The maximum Gasteiger partial charge on any atom is 0.346 e. The summed E-state index contributed by atoms with van der Waals surface area (Å²) in [5, 5.41) is 4.51. The van der Waals surface area contributed by atoms with Gasteiger partial charge in [0, 0.05) is 31.0 Å². The molecule has 1 saturated heterocycles. The van der Waals surface area contributed by atoms with Crippen LogP contribution < -0.4 is 5.69 Å². The number of likely N-dealkylation sites (tertiary alicyclic amines) is 1. The molecule has 0 spiro atoms. The van der Waals surface area contributed by atoms with E-state index in [1.807, 2.05) is 4.90 Å². The van der Waals surface area contributed by atoms with Crippen molar-refractivity contribution < 1.29 is 13.6 Å². The highest BCUT2D eigenvalue weighted by atomic mass is 19.1. The fourth-order valence-electron chi connectivity index (χ4n) is 4.89. The van der Waals surface area contributed by atoms with Gasteiger partial charge in [0.15, 0.2) is 0 Å². The molecule has 0 bridgehead atoms. The molecule has 1 atom stereocenters. The third-order valence-corrected chi connectivity index (χ3v) is 6.64. The zero-order valence-corrected chi connectivity index (χ0v) is 16.2. The first-order valence-electron chi connectivity index (χ1n) is 10.4. The topological polar surface area (TPSA) is 60.1 Å². The van der Waals surface area contributed by atoms with E-state index in [4.69, 9.17) is 0 Å². The van der Waals surface area contributed by atoms with E-state index in [9.17, 15) is 18.4 Å². The number of aryl methyl sites for hydroxylation is 1. The summed E-state index contributed by atoms with van der Waals surface area (Å²) >= 11 is 0. The van der Waals surface area contributed by atoms with Crippen LogP contribution in [0, 0.1) is 11.6 Å². The Kier molecular flexibility index (Phi) is 4.33. The second-order valence-electron chi connectivity index (χ2n) is 8.57. The molecule has 6 nitrogen and oxygen atoms in total. The molecule has 3 aliphatic rings. The van der Waals surface area contributed by atoms with Gasteiger partial charge in [-0.25, -0.2) is 18.3 Å². The van der Waals surface area contributed by atoms with Gasteiger partial charge in [-0.05, 0) is 50.2 Å². The molecule has 1 saturated carbocycles. The Morgan fingerprint density at radius 3 is 2.62 bits per heavy atom. The number of carbonyl (C=O) groups excluding carboxylic acids is 1. The van der Waals surface area contributed by atoms with Crippen molar-refractivity contribution in [3.63, 3.8) is 0 Å². The SMILES string of the molecule is O=C(C1CCCc2nn(CC3(c4ccc(F)cc4F)CC3)c(=O)n21)N1CCCC1. The highest BCUT2D eigenvalue weighted by Gasteiger charge is 2.47. The summed E-state index contributed by atoms with van der Waals surface area (Å²) in [6, 6.07) is 3.12. The van der Waals surface area contributed by atoms with Gasteiger partial charge in [0.05, 0.1) is 6.54 Å². The number of halogens is 2. The third kappa shape index (κ3) is 3.09. The first kappa shape index (κ1) is 18.5. The number of fused-ring (bicyclic) bond motifs is 1. The molecule has 3 heterocycles. The number of benzene rings is 1. The Hall–Kier alpha value is -2.51. The lowest BCUT2D eigenvalue weighted by Crippen LogP contribution is -2.41. The van der Waals surface area contributed by atoms with Crippen LogP contribution >= 0.6 is 0 Å². The smallest absolute Gasteiger partial charge is 0.341 e. The van der Waals surface area contributed by atoms with Crippen LogP contribution in [0.3, 0.4) is 0 Å². The molecular weight excluding hydrogens is 378 g/mol. The predicted molar refractivity (Wildman–Crippen MR) is 102 cm³/mol. The standard InChI is InChI=1S/C21H24F2N4O2/c22-14-6-7-15(16(23)12-14)21(8-9-21)13-26-20(29)27-17(4-3-5-18(27)24-26)19(28)25-10-1-2-11-25/h6-7,12,17H,1-5,8-11,13H2. The van der Waals surface area contributed by atoms with E-state index in [1.165, 1.54) is 16.8 Å². The number of hydrogen-bond acceptors (Lipinski definition) is 3. The number of hydrogen-bond donors (Lipinski definition) is 0. The summed E-state index contributed by atoms with van der Waals surface area (Å²) in [5.74, 6) is -0.550. The van der Waals surface area contributed by atoms with E-state index in [1.54, 1.807) is 4.57 Å². The van der Waals surface area contributed by atoms with E-state index >= 15 is 0 Å². The maximum atomic E-state index is 14.4. The lowest BCUT2D eigenvalue weighted by atomic mass is 9.95. The number of aromatic nitrogens is 3. The van der Waals surface area contributed by atoms with Crippen LogP contribution in [0.1, 0.15) is 56.0 Å². The van der Waals surface area contributed by atoms with Gasteiger partial charge in [-0.15, -0.1) is 0 Å². The molecular formula is C21H24F2N4O2. The summed E-state index contributed by atoms with van der Waals surface area (Å²) in [7, 11) is 0. The van der Waals surface area contributed by atoms with Gasteiger partial charge in [-0.2, -0.15) is 5.10 Å². The molecule has 0 N–H and O–H groups in total. The molecule has 1 aromatic heterocycles. The molecule has 1 amide bonds. The van der Waals surface area contributed by atoms with E-state index in [0.29, 0.717) is 24.2 Å². The van der Waals surface area contributed by atoms with Crippen LogP contribution in [0.4, 0.5) is 8.78 Å². The van der Waals surface area contributed by atoms with Crippen molar-refractivity contribution in [2.24, 2.45) is 0 Å². The molecule has 2 aromatic rings. The Bertz CT molecular complexity index is 1020. The molecule has 1 aliphatic carbocycles. The molecule has 0 radical (unpaired) electrons. The van der Waals surface area contributed by atoms with Gasteiger partial charge in [0.25, 0.3) is 0 Å². The summed E-state index contributed by atoms with van der Waals surface area (Å²) in [6.45, 7) is 1.75. The minimum Gasteiger partial charge on any atom is -0.341 e. The molecule has 1 aromatic carbocycles. The summed E-state index contributed by atoms with van der Waals surface area (Å²) in [4.78, 5) is 28.0. The third-order valence-electron chi connectivity index (χ3n) is 6.64. The second-order valence-corrected chi connectivity index (χ2v) is 8.57.